The maximum Gasteiger partial charge on any atom is 0.414 e. The minimum atomic E-state index is -1.80. The molecular formula is C37H48N4O9. The van der Waals surface area contributed by atoms with Gasteiger partial charge in [0.25, 0.3) is 0 Å². The number of cyclic esters (lactones) is 2. The molecule has 4 rings (SSSR count). The zero-order valence-corrected chi connectivity index (χ0v) is 29.6. The molecule has 0 spiro atoms. The summed E-state index contributed by atoms with van der Waals surface area (Å²) in [7, 11) is 2.75. The van der Waals surface area contributed by atoms with Gasteiger partial charge < -0.3 is 34.9 Å². The number of esters is 1. The number of para-hydroxylation sites is 1. The van der Waals surface area contributed by atoms with Gasteiger partial charge in [-0.15, -0.1) is 0 Å². The van der Waals surface area contributed by atoms with Gasteiger partial charge in [-0.3, -0.25) is 24.5 Å². The van der Waals surface area contributed by atoms with E-state index in [0.717, 1.165) is 5.57 Å². The Bertz CT molecular complexity index is 1610. The monoisotopic (exact) mass is 692 g/mol. The predicted molar refractivity (Wildman–Crippen MR) is 184 cm³/mol. The summed E-state index contributed by atoms with van der Waals surface area (Å²) < 4.78 is 17.3. The first-order valence-corrected chi connectivity index (χ1v) is 16.8. The smallest absolute Gasteiger partial charge is 0.414 e. The fraction of sp³-hybridized carbons (Fsp3) is 0.486. The Labute approximate surface area is 292 Å². The molecule has 4 amide bonds. The quantitative estimate of drug-likeness (QED) is 0.263. The third kappa shape index (κ3) is 9.20. The van der Waals surface area contributed by atoms with Crippen molar-refractivity contribution >= 4 is 35.5 Å². The van der Waals surface area contributed by atoms with Gasteiger partial charge >= 0.3 is 12.1 Å². The van der Waals surface area contributed by atoms with Crippen LogP contribution in [-0.2, 0) is 39.2 Å². The standard InChI is InChI=1S/C37H48N4O9/c1-21-16-22(2)18-24(4)49-32(43)19-30(26-12-14-27(42)15-13-26)39-34(45)31(41(6)35(46)25(5)38-33(44)23(3)17-21)20-37(48-7)28-10-8-9-11-29(28)40-36(47)50-37/h8-16,22-25,30-31,42H,17-20H2,1-7H3,(H,38,44)(H,39,45)(H,40,47). The Hall–Kier alpha value is -4.91. The SMILES string of the molecule is COC1(CC2C(=O)NC(c3ccc(O)cc3)CC(=O)OC(C)CC(C)C=C(C)CC(C)C(=O)NC(C)C(=O)N2C)OC(=O)Nc2ccccc21. The molecule has 7 atom stereocenters. The number of nitrogens with one attached hydrogen (secondary N) is 3. The highest BCUT2D eigenvalue weighted by molar-refractivity contribution is 5.93. The van der Waals surface area contributed by atoms with Gasteiger partial charge in [-0.05, 0) is 63.3 Å². The first-order chi connectivity index (χ1) is 23.6. The summed E-state index contributed by atoms with van der Waals surface area (Å²) in [5, 5.41) is 18.3. The van der Waals surface area contributed by atoms with Crippen molar-refractivity contribution in [3.63, 3.8) is 0 Å². The number of anilines is 1. The second-order valence-corrected chi connectivity index (χ2v) is 13.4. The normalized spacial score (nSPS) is 29.1. The second kappa shape index (κ2) is 16.2. The molecule has 50 heavy (non-hydrogen) atoms. The molecule has 13 heteroatoms. The van der Waals surface area contributed by atoms with E-state index in [2.05, 4.69) is 16.0 Å². The van der Waals surface area contributed by atoms with Crippen LogP contribution >= 0.6 is 0 Å². The highest BCUT2D eigenvalue weighted by atomic mass is 16.7. The number of ether oxygens (including phenoxy) is 3. The number of likely N-dealkylation sites (N-methyl/N-ethyl adjacent to an activating group) is 1. The Morgan fingerprint density at radius 3 is 2.30 bits per heavy atom. The van der Waals surface area contributed by atoms with E-state index in [1.807, 2.05) is 19.9 Å². The molecule has 270 valence electrons. The zero-order valence-electron chi connectivity index (χ0n) is 29.6. The minimum Gasteiger partial charge on any atom is -0.508 e. The fourth-order valence-corrected chi connectivity index (χ4v) is 6.62. The average Bonchev–Trinajstić information content (AvgIpc) is 3.05. The van der Waals surface area contributed by atoms with Crippen molar-refractivity contribution in [2.45, 2.75) is 90.3 Å². The van der Waals surface area contributed by atoms with Crippen LogP contribution in [0.3, 0.4) is 0 Å². The van der Waals surface area contributed by atoms with Gasteiger partial charge in [0.1, 0.15) is 17.8 Å². The van der Waals surface area contributed by atoms with Crippen LogP contribution in [0.25, 0.3) is 0 Å². The van der Waals surface area contributed by atoms with Crippen molar-refractivity contribution in [1.29, 1.82) is 0 Å². The van der Waals surface area contributed by atoms with Gasteiger partial charge in [-0.2, -0.15) is 0 Å². The van der Waals surface area contributed by atoms with E-state index < -0.39 is 59.8 Å². The number of hydrogen-bond acceptors (Lipinski definition) is 9. The summed E-state index contributed by atoms with van der Waals surface area (Å²) in [6.45, 7) is 9.04. The van der Waals surface area contributed by atoms with E-state index >= 15 is 0 Å². The molecule has 0 bridgehead atoms. The molecule has 2 aliphatic rings. The van der Waals surface area contributed by atoms with Gasteiger partial charge in [-0.1, -0.05) is 55.8 Å². The van der Waals surface area contributed by atoms with Crippen molar-refractivity contribution in [2.24, 2.45) is 11.8 Å². The van der Waals surface area contributed by atoms with Gasteiger partial charge in [0.2, 0.25) is 23.5 Å². The lowest BCUT2D eigenvalue weighted by atomic mass is 9.93. The summed E-state index contributed by atoms with van der Waals surface area (Å²) in [5.41, 5.74) is 2.31. The van der Waals surface area contributed by atoms with Gasteiger partial charge in [0, 0.05) is 32.1 Å². The maximum absolute atomic E-state index is 14.4. The Morgan fingerprint density at radius 2 is 1.62 bits per heavy atom. The lowest BCUT2D eigenvalue weighted by Crippen LogP contribution is -2.57. The Balaban J connectivity index is 1.78. The van der Waals surface area contributed by atoms with E-state index in [9.17, 15) is 29.1 Å². The van der Waals surface area contributed by atoms with Crippen molar-refractivity contribution in [3.05, 3.63) is 71.3 Å². The molecule has 2 heterocycles. The third-order valence-electron chi connectivity index (χ3n) is 9.13. The molecule has 2 aromatic rings. The van der Waals surface area contributed by atoms with Gasteiger partial charge in [0.15, 0.2) is 0 Å². The van der Waals surface area contributed by atoms with E-state index in [1.54, 1.807) is 50.2 Å². The molecule has 0 saturated heterocycles. The topological polar surface area (TPSA) is 173 Å². The number of phenols is 1. The first-order valence-electron chi connectivity index (χ1n) is 16.8. The number of fused-ring (bicyclic) bond motifs is 1. The first kappa shape index (κ1) is 37.9. The second-order valence-electron chi connectivity index (χ2n) is 13.4. The van der Waals surface area contributed by atoms with E-state index in [0.29, 0.717) is 29.7 Å². The summed E-state index contributed by atoms with van der Waals surface area (Å²) >= 11 is 0. The number of amides is 4. The third-order valence-corrected chi connectivity index (χ3v) is 9.13. The van der Waals surface area contributed by atoms with Crippen molar-refractivity contribution in [3.8, 4) is 5.75 Å². The average molecular weight is 693 g/mol. The maximum atomic E-state index is 14.4. The van der Waals surface area contributed by atoms with Crippen LogP contribution in [-0.4, -0.2) is 72.1 Å². The molecule has 7 unspecified atom stereocenters. The summed E-state index contributed by atoms with van der Waals surface area (Å²) in [6.07, 6.45) is 1.17. The Morgan fingerprint density at radius 1 is 0.940 bits per heavy atom. The molecule has 0 fully saturated rings. The molecule has 0 aliphatic carbocycles. The number of hydrogen-bond donors (Lipinski definition) is 4. The number of methoxy groups -OCH3 is 1. The molecule has 2 aromatic carbocycles. The molecule has 13 nitrogen and oxygen atoms in total. The largest absolute Gasteiger partial charge is 0.508 e. The number of carbonyl (C=O) groups is 5. The van der Waals surface area contributed by atoms with Crippen LogP contribution in [0.15, 0.2) is 60.2 Å². The van der Waals surface area contributed by atoms with Crippen LogP contribution in [0.1, 0.15) is 77.5 Å². The number of nitrogens with zero attached hydrogens (tertiary/aromatic N) is 1. The number of aromatic hydroxyl groups is 1. The zero-order chi connectivity index (χ0) is 36.7. The Kier molecular flexibility index (Phi) is 12.3. The highest BCUT2D eigenvalue weighted by Crippen LogP contribution is 2.41. The number of carbonyl (C=O) groups excluding carboxylic acids is 5. The molecule has 0 radical (unpaired) electrons. The summed E-state index contributed by atoms with van der Waals surface area (Å²) in [5.74, 6) is -4.39. The van der Waals surface area contributed by atoms with Crippen LogP contribution in [0.4, 0.5) is 10.5 Å². The van der Waals surface area contributed by atoms with Crippen LogP contribution in [0, 0.1) is 11.8 Å². The van der Waals surface area contributed by atoms with Gasteiger partial charge in [-0.25, -0.2) is 4.79 Å². The van der Waals surface area contributed by atoms with E-state index in [4.69, 9.17) is 14.2 Å². The van der Waals surface area contributed by atoms with Crippen LogP contribution in [0.2, 0.25) is 0 Å². The molecular weight excluding hydrogens is 644 g/mol. The summed E-state index contributed by atoms with van der Waals surface area (Å²) in [4.78, 5) is 68.9. The molecule has 0 aromatic heterocycles. The summed E-state index contributed by atoms with van der Waals surface area (Å²) in [6, 6.07) is 9.49. The molecule has 4 N–H and O–H groups in total. The lowest BCUT2D eigenvalue weighted by molar-refractivity contribution is -0.206. The van der Waals surface area contributed by atoms with E-state index in [1.165, 1.54) is 38.1 Å². The van der Waals surface area contributed by atoms with E-state index in [-0.39, 0.29) is 30.4 Å². The molecule has 2 aliphatic heterocycles. The lowest BCUT2D eigenvalue weighted by Gasteiger charge is -2.41. The number of allylic oxidation sites excluding steroid dienone is 2. The number of phenolic OH excluding ortho intramolecular Hbond substituents is 1. The van der Waals surface area contributed by atoms with Crippen molar-refractivity contribution in [2.75, 3.05) is 19.5 Å². The fourth-order valence-electron chi connectivity index (χ4n) is 6.62. The molecule has 0 saturated carbocycles. The number of rotatable bonds is 4. The number of benzene rings is 2. The predicted octanol–water partition coefficient (Wildman–Crippen LogP) is 4.67. The van der Waals surface area contributed by atoms with Crippen molar-refractivity contribution in [1.82, 2.24) is 15.5 Å². The van der Waals surface area contributed by atoms with Crippen molar-refractivity contribution < 1.29 is 43.3 Å². The minimum absolute atomic E-state index is 0.00768. The van der Waals surface area contributed by atoms with Crippen LogP contribution in [0.5, 0.6) is 5.75 Å². The highest BCUT2D eigenvalue weighted by Gasteiger charge is 2.48. The van der Waals surface area contributed by atoms with Gasteiger partial charge in [0.05, 0.1) is 24.3 Å². The van der Waals surface area contributed by atoms with Crippen LogP contribution < -0.4 is 16.0 Å².